The molecule has 4 rings (SSSR count). The van der Waals surface area contributed by atoms with E-state index in [-0.39, 0.29) is 29.2 Å². The summed E-state index contributed by atoms with van der Waals surface area (Å²) in [6.45, 7) is 3.65. The van der Waals surface area contributed by atoms with E-state index in [0.29, 0.717) is 25.9 Å². The molecule has 2 aromatic heterocycles. The Kier molecular flexibility index (Phi) is 6.42. The molecule has 1 amide bonds. The second-order valence-electron chi connectivity index (χ2n) is 8.09. The number of rotatable bonds is 5. The average Bonchev–Trinajstić information content (AvgIpc) is 2.80. The first-order chi connectivity index (χ1) is 14.6. The number of halogens is 1. The van der Waals surface area contributed by atoms with E-state index in [9.17, 15) is 14.0 Å². The van der Waals surface area contributed by atoms with E-state index in [1.165, 1.54) is 24.7 Å². The topological polar surface area (TPSA) is 79.3 Å². The van der Waals surface area contributed by atoms with Crippen LogP contribution in [0.1, 0.15) is 41.7 Å². The van der Waals surface area contributed by atoms with Crippen LogP contribution in [0.3, 0.4) is 0 Å². The van der Waals surface area contributed by atoms with Gasteiger partial charge in [-0.1, -0.05) is 0 Å². The number of carbonyl (C=O) groups excluding carboxylic acids is 2. The van der Waals surface area contributed by atoms with E-state index < -0.39 is 5.82 Å². The number of piperidine rings is 2. The van der Waals surface area contributed by atoms with Crippen LogP contribution in [0.15, 0.2) is 37.1 Å². The molecule has 0 radical (unpaired) electrons. The zero-order valence-electron chi connectivity index (χ0n) is 16.9. The Labute approximate surface area is 175 Å². The standard InChI is InChI=1S/C22H26FN5O2/c23-19-2-1-7-26-20(19)21(29)17-5-10-28(11-6-17)22(30)18-3-8-27(9-4-18)14-16-12-24-15-25-13-16/h1-2,7,12-13,15,17-18H,3-6,8-11,14H2. The molecule has 2 saturated heterocycles. The minimum Gasteiger partial charge on any atom is -0.342 e. The molecule has 0 unspecified atom stereocenters. The largest absolute Gasteiger partial charge is 0.342 e. The molecule has 2 aliphatic rings. The Morgan fingerprint density at radius 1 is 1.00 bits per heavy atom. The van der Waals surface area contributed by atoms with Gasteiger partial charge >= 0.3 is 0 Å². The maximum atomic E-state index is 13.9. The van der Waals surface area contributed by atoms with E-state index >= 15 is 0 Å². The van der Waals surface area contributed by atoms with Crippen LogP contribution in [0.5, 0.6) is 0 Å². The summed E-state index contributed by atoms with van der Waals surface area (Å²) in [5, 5.41) is 0. The lowest BCUT2D eigenvalue weighted by molar-refractivity contribution is -0.138. The van der Waals surface area contributed by atoms with Crippen LogP contribution >= 0.6 is 0 Å². The predicted octanol–water partition coefficient (Wildman–Crippen LogP) is 2.34. The molecule has 2 aromatic rings. The number of carbonyl (C=O) groups is 2. The summed E-state index contributed by atoms with van der Waals surface area (Å²) in [7, 11) is 0. The maximum Gasteiger partial charge on any atom is 0.225 e. The maximum absolute atomic E-state index is 13.9. The monoisotopic (exact) mass is 411 g/mol. The molecule has 0 spiro atoms. The molecule has 7 nitrogen and oxygen atoms in total. The first kappa shape index (κ1) is 20.5. The highest BCUT2D eigenvalue weighted by Gasteiger charge is 2.33. The van der Waals surface area contributed by atoms with E-state index in [4.69, 9.17) is 0 Å². The third kappa shape index (κ3) is 4.70. The average molecular weight is 411 g/mol. The van der Waals surface area contributed by atoms with Gasteiger partial charge in [0.15, 0.2) is 11.6 Å². The van der Waals surface area contributed by atoms with Crippen LogP contribution in [0.2, 0.25) is 0 Å². The predicted molar refractivity (Wildman–Crippen MR) is 108 cm³/mol. The molecule has 0 aromatic carbocycles. The zero-order valence-corrected chi connectivity index (χ0v) is 16.9. The first-order valence-electron chi connectivity index (χ1n) is 10.5. The number of amides is 1. The van der Waals surface area contributed by atoms with Crippen molar-refractivity contribution in [3.63, 3.8) is 0 Å². The minimum atomic E-state index is -0.574. The van der Waals surface area contributed by atoms with Crippen LogP contribution in [-0.4, -0.2) is 62.6 Å². The second-order valence-corrected chi connectivity index (χ2v) is 8.09. The molecule has 2 fully saturated rings. The minimum absolute atomic E-state index is 0.0359. The van der Waals surface area contributed by atoms with Crippen molar-refractivity contribution in [3.8, 4) is 0 Å². The van der Waals surface area contributed by atoms with Crippen LogP contribution in [0, 0.1) is 17.7 Å². The van der Waals surface area contributed by atoms with Gasteiger partial charge in [0, 0.05) is 55.6 Å². The van der Waals surface area contributed by atoms with Gasteiger partial charge < -0.3 is 4.90 Å². The van der Waals surface area contributed by atoms with Gasteiger partial charge in [0.25, 0.3) is 0 Å². The Balaban J connectivity index is 1.25. The summed E-state index contributed by atoms with van der Waals surface area (Å²) in [5.41, 5.74) is 0.997. The molecule has 8 heteroatoms. The molecule has 0 aliphatic carbocycles. The zero-order chi connectivity index (χ0) is 20.9. The Morgan fingerprint density at radius 3 is 2.33 bits per heavy atom. The smallest absolute Gasteiger partial charge is 0.225 e. The Bertz CT molecular complexity index is 878. The van der Waals surface area contributed by atoms with Crippen molar-refractivity contribution in [2.24, 2.45) is 11.8 Å². The van der Waals surface area contributed by atoms with Gasteiger partial charge in [0.2, 0.25) is 5.91 Å². The summed E-state index contributed by atoms with van der Waals surface area (Å²) in [4.78, 5) is 41.7. The number of aromatic nitrogens is 3. The molecule has 30 heavy (non-hydrogen) atoms. The van der Waals surface area contributed by atoms with Crippen LogP contribution in [-0.2, 0) is 11.3 Å². The molecular formula is C22H26FN5O2. The van der Waals surface area contributed by atoms with Crippen molar-refractivity contribution in [2.45, 2.75) is 32.2 Å². The summed E-state index contributed by atoms with van der Waals surface area (Å²) in [6.07, 6.45) is 9.42. The third-order valence-corrected chi connectivity index (χ3v) is 6.13. The third-order valence-electron chi connectivity index (χ3n) is 6.13. The van der Waals surface area contributed by atoms with E-state index in [1.807, 2.05) is 17.3 Å². The van der Waals surface area contributed by atoms with E-state index in [0.717, 1.165) is 38.0 Å². The van der Waals surface area contributed by atoms with Crippen LogP contribution in [0.4, 0.5) is 4.39 Å². The fraction of sp³-hybridized carbons (Fsp3) is 0.500. The molecule has 0 N–H and O–H groups in total. The Hall–Kier alpha value is -2.74. The van der Waals surface area contributed by atoms with E-state index in [1.54, 1.807) is 0 Å². The lowest BCUT2D eigenvalue weighted by atomic mass is 9.88. The number of ketones is 1. The number of nitrogens with zero attached hydrogens (tertiary/aromatic N) is 5. The summed E-state index contributed by atoms with van der Waals surface area (Å²) >= 11 is 0. The van der Waals surface area contributed by atoms with Gasteiger partial charge in [-0.15, -0.1) is 0 Å². The fourth-order valence-corrected chi connectivity index (χ4v) is 4.39. The van der Waals surface area contributed by atoms with Crippen molar-refractivity contribution in [1.82, 2.24) is 24.8 Å². The van der Waals surface area contributed by atoms with Crippen molar-refractivity contribution >= 4 is 11.7 Å². The van der Waals surface area contributed by atoms with Gasteiger partial charge in [-0.05, 0) is 50.9 Å². The molecule has 0 bridgehead atoms. The molecule has 158 valence electrons. The normalized spacial score (nSPS) is 19.0. The SMILES string of the molecule is O=C(c1ncccc1F)C1CCN(C(=O)C2CCN(Cc3cncnc3)CC2)CC1. The van der Waals surface area contributed by atoms with Gasteiger partial charge in [0.05, 0.1) is 0 Å². The molecular weight excluding hydrogens is 385 g/mol. The fourth-order valence-electron chi connectivity index (χ4n) is 4.39. The first-order valence-corrected chi connectivity index (χ1v) is 10.5. The van der Waals surface area contributed by atoms with Crippen LogP contribution < -0.4 is 0 Å². The molecule has 2 aliphatic heterocycles. The number of hydrogen-bond acceptors (Lipinski definition) is 6. The highest BCUT2D eigenvalue weighted by molar-refractivity contribution is 5.96. The summed E-state index contributed by atoms with van der Waals surface area (Å²) in [5.74, 6) is -0.872. The quantitative estimate of drug-likeness (QED) is 0.703. The van der Waals surface area contributed by atoms with Crippen molar-refractivity contribution in [2.75, 3.05) is 26.2 Å². The highest BCUT2D eigenvalue weighted by Crippen LogP contribution is 2.26. The van der Waals surface area contributed by atoms with Gasteiger partial charge in [-0.2, -0.15) is 0 Å². The lowest BCUT2D eigenvalue weighted by Gasteiger charge is -2.37. The number of hydrogen-bond donors (Lipinski definition) is 0. The van der Waals surface area contributed by atoms with Gasteiger partial charge in [-0.25, -0.2) is 14.4 Å². The van der Waals surface area contributed by atoms with Crippen molar-refractivity contribution in [3.05, 3.63) is 54.1 Å². The second kappa shape index (κ2) is 9.38. The summed E-state index contributed by atoms with van der Waals surface area (Å²) in [6, 6.07) is 2.74. The van der Waals surface area contributed by atoms with Crippen LogP contribution in [0.25, 0.3) is 0 Å². The lowest BCUT2D eigenvalue weighted by Crippen LogP contribution is -2.46. The van der Waals surface area contributed by atoms with Crippen molar-refractivity contribution < 1.29 is 14.0 Å². The number of Topliss-reactive ketones (excluding diaryl/α,β-unsaturated/α-hetero) is 1. The molecule has 0 atom stereocenters. The summed E-state index contributed by atoms with van der Waals surface area (Å²) < 4.78 is 13.9. The number of pyridine rings is 1. The van der Waals surface area contributed by atoms with Crippen molar-refractivity contribution in [1.29, 1.82) is 0 Å². The van der Waals surface area contributed by atoms with Gasteiger partial charge in [-0.3, -0.25) is 19.5 Å². The van der Waals surface area contributed by atoms with Gasteiger partial charge in [0.1, 0.15) is 12.0 Å². The Morgan fingerprint density at radius 2 is 1.67 bits per heavy atom. The number of likely N-dealkylation sites (tertiary alicyclic amines) is 2. The molecule has 0 saturated carbocycles. The van der Waals surface area contributed by atoms with E-state index in [2.05, 4.69) is 19.9 Å². The molecule has 4 heterocycles. The highest BCUT2D eigenvalue weighted by atomic mass is 19.1.